The van der Waals surface area contributed by atoms with Gasteiger partial charge in [0.05, 0.1) is 12.5 Å². The molecule has 0 saturated heterocycles. The van der Waals surface area contributed by atoms with Crippen molar-refractivity contribution >= 4 is 12.1 Å². The normalized spacial score (nSPS) is 12.5. The summed E-state index contributed by atoms with van der Waals surface area (Å²) in [5.41, 5.74) is -0.526. The molecule has 0 aliphatic rings. The molecule has 1 amide bonds. The molecule has 0 aliphatic carbocycles. The lowest BCUT2D eigenvalue weighted by Gasteiger charge is -2.20. The zero-order valence-electron chi connectivity index (χ0n) is 19.1. The van der Waals surface area contributed by atoms with Crippen LogP contribution >= 0.6 is 0 Å². The molecule has 0 heterocycles. The van der Waals surface area contributed by atoms with E-state index in [-0.39, 0.29) is 25.0 Å². The SMILES string of the molecule is CCCCCCCCC(CCCCCC)C(=O)OCCNC(=O)OC(C)(C)C. The molecule has 0 rings (SSSR count). The van der Waals surface area contributed by atoms with Crippen molar-refractivity contribution in [1.82, 2.24) is 5.32 Å². The number of hydrogen-bond donors (Lipinski definition) is 1. The van der Waals surface area contributed by atoms with E-state index in [1.165, 1.54) is 51.4 Å². The van der Waals surface area contributed by atoms with Crippen molar-refractivity contribution in [2.45, 2.75) is 117 Å². The lowest BCUT2D eigenvalue weighted by Crippen LogP contribution is -2.35. The quantitative estimate of drug-likeness (QED) is 0.241. The van der Waals surface area contributed by atoms with E-state index in [0.29, 0.717) is 0 Å². The zero-order valence-corrected chi connectivity index (χ0v) is 19.1. The Labute approximate surface area is 173 Å². The third-order valence-electron chi connectivity index (χ3n) is 4.66. The Morgan fingerprint density at radius 3 is 1.86 bits per heavy atom. The molecule has 5 heteroatoms. The molecular formula is C23H45NO4. The predicted molar refractivity (Wildman–Crippen MR) is 115 cm³/mol. The number of carbonyl (C=O) groups is 2. The van der Waals surface area contributed by atoms with Gasteiger partial charge in [-0.05, 0) is 33.6 Å². The number of ether oxygens (including phenoxy) is 2. The first-order valence-corrected chi connectivity index (χ1v) is 11.4. The summed E-state index contributed by atoms with van der Waals surface area (Å²) in [7, 11) is 0. The summed E-state index contributed by atoms with van der Waals surface area (Å²) in [4.78, 5) is 24.1. The third kappa shape index (κ3) is 16.9. The van der Waals surface area contributed by atoms with E-state index >= 15 is 0 Å². The zero-order chi connectivity index (χ0) is 21.3. The molecule has 0 fully saturated rings. The van der Waals surface area contributed by atoms with E-state index in [0.717, 1.165) is 25.7 Å². The smallest absolute Gasteiger partial charge is 0.407 e. The minimum Gasteiger partial charge on any atom is -0.464 e. The summed E-state index contributed by atoms with van der Waals surface area (Å²) in [5, 5.41) is 2.63. The summed E-state index contributed by atoms with van der Waals surface area (Å²) < 4.78 is 10.6. The fraction of sp³-hybridized carbons (Fsp3) is 0.913. The molecule has 0 aromatic heterocycles. The molecule has 0 aromatic rings. The van der Waals surface area contributed by atoms with Crippen LogP contribution in [-0.2, 0) is 14.3 Å². The van der Waals surface area contributed by atoms with Gasteiger partial charge >= 0.3 is 12.1 Å². The molecule has 0 aromatic carbocycles. The first-order chi connectivity index (χ1) is 13.3. The van der Waals surface area contributed by atoms with Crippen molar-refractivity contribution in [2.24, 2.45) is 5.92 Å². The Hall–Kier alpha value is -1.26. The highest BCUT2D eigenvalue weighted by Crippen LogP contribution is 2.20. The lowest BCUT2D eigenvalue weighted by atomic mass is 9.94. The number of rotatable bonds is 16. The van der Waals surface area contributed by atoms with E-state index in [1.807, 2.05) is 20.8 Å². The van der Waals surface area contributed by atoms with Gasteiger partial charge in [-0.3, -0.25) is 4.79 Å². The van der Waals surface area contributed by atoms with E-state index in [2.05, 4.69) is 19.2 Å². The van der Waals surface area contributed by atoms with Crippen LogP contribution in [0.1, 0.15) is 112 Å². The van der Waals surface area contributed by atoms with Crippen LogP contribution in [0.4, 0.5) is 4.79 Å². The Kier molecular flexibility index (Phi) is 15.9. The maximum Gasteiger partial charge on any atom is 0.407 e. The molecule has 0 aliphatic heterocycles. The number of esters is 1. The maximum absolute atomic E-state index is 12.5. The topological polar surface area (TPSA) is 64.6 Å². The Morgan fingerprint density at radius 1 is 0.821 bits per heavy atom. The molecule has 166 valence electrons. The van der Waals surface area contributed by atoms with Gasteiger partial charge in [-0.2, -0.15) is 0 Å². The number of carbonyl (C=O) groups excluding carboxylic acids is 2. The molecule has 1 N–H and O–H groups in total. The summed E-state index contributed by atoms with van der Waals surface area (Å²) in [5.74, 6) is -0.124. The number of amides is 1. The fourth-order valence-electron chi connectivity index (χ4n) is 3.11. The molecule has 0 saturated carbocycles. The van der Waals surface area contributed by atoms with Crippen molar-refractivity contribution in [3.05, 3.63) is 0 Å². The Bertz CT molecular complexity index is 404. The number of alkyl carbamates (subject to hydrolysis) is 1. The minimum atomic E-state index is -0.526. The van der Waals surface area contributed by atoms with Crippen LogP contribution in [0.15, 0.2) is 0 Å². The molecule has 28 heavy (non-hydrogen) atoms. The standard InChI is InChI=1S/C23H45NO4/c1-6-8-10-12-13-15-17-20(16-14-11-9-7-2)21(25)27-19-18-24-22(26)28-23(3,4)5/h20H,6-19H2,1-5H3,(H,24,26). The molecule has 5 nitrogen and oxygen atoms in total. The van der Waals surface area contributed by atoms with E-state index < -0.39 is 11.7 Å². The van der Waals surface area contributed by atoms with Crippen LogP contribution in [0.5, 0.6) is 0 Å². The summed E-state index contributed by atoms with van der Waals surface area (Å²) in [6.07, 6.45) is 13.4. The molecular weight excluding hydrogens is 354 g/mol. The lowest BCUT2D eigenvalue weighted by molar-refractivity contribution is -0.149. The van der Waals surface area contributed by atoms with Crippen LogP contribution in [-0.4, -0.2) is 30.8 Å². The fourth-order valence-corrected chi connectivity index (χ4v) is 3.11. The highest BCUT2D eigenvalue weighted by atomic mass is 16.6. The summed E-state index contributed by atoms with van der Waals surface area (Å²) in [6.45, 7) is 10.3. The van der Waals surface area contributed by atoms with Gasteiger partial charge in [-0.15, -0.1) is 0 Å². The van der Waals surface area contributed by atoms with Gasteiger partial charge in [0.2, 0.25) is 0 Å². The van der Waals surface area contributed by atoms with Gasteiger partial charge in [-0.25, -0.2) is 4.79 Å². The van der Waals surface area contributed by atoms with Crippen molar-refractivity contribution in [3.63, 3.8) is 0 Å². The highest BCUT2D eigenvalue weighted by molar-refractivity contribution is 5.72. The van der Waals surface area contributed by atoms with Gasteiger partial charge in [0.15, 0.2) is 0 Å². The summed E-state index contributed by atoms with van der Waals surface area (Å²) in [6, 6.07) is 0. The van der Waals surface area contributed by atoms with E-state index in [4.69, 9.17) is 9.47 Å². The Balaban J connectivity index is 4.17. The van der Waals surface area contributed by atoms with E-state index in [9.17, 15) is 9.59 Å². The van der Waals surface area contributed by atoms with Crippen molar-refractivity contribution in [3.8, 4) is 0 Å². The van der Waals surface area contributed by atoms with E-state index in [1.54, 1.807) is 0 Å². The first-order valence-electron chi connectivity index (χ1n) is 11.4. The van der Waals surface area contributed by atoms with Gasteiger partial charge in [-0.1, -0.05) is 78.1 Å². The largest absolute Gasteiger partial charge is 0.464 e. The first kappa shape index (κ1) is 26.7. The van der Waals surface area contributed by atoms with Crippen LogP contribution in [0.2, 0.25) is 0 Å². The van der Waals surface area contributed by atoms with Crippen LogP contribution in [0.25, 0.3) is 0 Å². The van der Waals surface area contributed by atoms with Crippen LogP contribution in [0.3, 0.4) is 0 Å². The molecule has 1 unspecified atom stereocenters. The molecule has 0 spiro atoms. The second-order valence-corrected chi connectivity index (χ2v) is 8.70. The maximum atomic E-state index is 12.5. The average molecular weight is 400 g/mol. The number of unbranched alkanes of at least 4 members (excludes halogenated alkanes) is 8. The van der Waals surface area contributed by atoms with Crippen molar-refractivity contribution < 1.29 is 19.1 Å². The van der Waals surface area contributed by atoms with Crippen molar-refractivity contribution in [2.75, 3.05) is 13.2 Å². The van der Waals surface area contributed by atoms with Crippen molar-refractivity contribution in [1.29, 1.82) is 0 Å². The number of hydrogen-bond acceptors (Lipinski definition) is 4. The second kappa shape index (κ2) is 16.7. The monoisotopic (exact) mass is 399 g/mol. The number of nitrogens with one attached hydrogen (secondary N) is 1. The Morgan fingerprint density at radius 2 is 1.32 bits per heavy atom. The van der Waals surface area contributed by atoms with Crippen LogP contribution < -0.4 is 5.32 Å². The molecule has 0 radical (unpaired) electrons. The van der Waals surface area contributed by atoms with Gasteiger partial charge in [0.25, 0.3) is 0 Å². The average Bonchev–Trinajstić information content (AvgIpc) is 2.61. The molecule has 0 bridgehead atoms. The van der Waals surface area contributed by atoms with Gasteiger partial charge in [0, 0.05) is 0 Å². The van der Waals surface area contributed by atoms with Crippen LogP contribution in [0, 0.1) is 5.92 Å². The second-order valence-electron chi connectivity index (χ2n) is 8.70. The summed E-state index contributed by atoms with van der Waals surface area (Å²) >= 11 is 0. The molecule has 1 atom stereocenters. The third-order valence-corrected chi connectivity index (χ3v) is 4.66. The minimum absolute atomic E-state index is 0.00967. The highest BCUT2D eigenvalue weighted by Gasteiger charge is 2.20. The predicted octanol–water partition coefficient (Wildman–Crippen LogP) is 6.39. The van der Waals surface area contributed by atoms with Gasteiger partial charge < -0.3 is 14.8 Å². The van der Waals surface area contributed by atoms with Gasteiger partial charge in [0.1, 0.15) is 12.2 Å².